The average molecular weight is 415 g/mol. The van der Waals surface area contributed by atoms with Crippen LogP contribution >= 0.6 is 0 Å². The summed E-state index contributed by atoms with van der Waals surface area (Å²) in [6.07, 6.45) is 4.58. The zero-order valence-electron chi connectivity index (χ0n) is 16.4. The maximum atomic E-state index is 12.1. The minimum atomic E-state index is -0.547. The number of fused-ring (bicyclic) bond motifs is 1. The molecule has 154 valence electrons. The van der Waals surface area contributed by atoms with Gasteiger partial charge in [-0.1, -0.05) is 29.8 Å². The van der Waals surface area contributed by atoms with Gasteiger partial charge in [-0.2, -0.15) is 4.73 Å². The Kier molecular flexibility index (Phi) is 5.15. The van der Waals surface area contributed by atoms with Crippen molar-refractivity contribution in [2.75, 3.05) is 5.32 Å². The summed E-state index contributed by atoms with van der Waals surface area (Å²) in [7, 11) is 0. The van der Waals surface area contributed by atoms with Crippen LogP contribution in [0.25, 0.3) is 28.6 Å². The highest BCUT2D eigenvalue weighted by molar-refractivity contribution is 6.01. The third-order valence-corrected chi connectivity index (χ3v) is 4.59. The molecule has 0 saturated heterocycles. The van der Waals surface area contributed by atoms with Crippen LogP contribution in [-0.4, -0.2) is 30.7 Å². The number of benzene rings is 2. The number of pyridine rings is 1. The molecule has 2 aromatic carbocycles. The number of hydrogen-bond donors (Lipinski definition) is 2. The van der Waals surface area contributed by atoms with Crippen molar-refractivity contribution in [3.63, 3.8) is 0 Å². The lowest BCUT2D eigenvalue weighted by Crippen LogP contribution is -2.08. The van der Waals surface area contributed by atoms with Gasteiger partial charge in [0.2, 0.25) is 5.91 Å². The average Bonchev–Trinajstić information content (AvgIpc) is 3.10. The first-order chi connectivity index (χ1) is 14.9. The van der Waals surface area contributed by atoms with Crippen molar-refractivity contribution < 1.29 is 14.9 Å². The van der Waals surface area contributed by atoms with Gasteiger partial charge < -0.3 is 10.5 Å². The number of aryl methyl sites for hydroxylation is 1. The summed E-state index contributed by atoms with van der Waals surface area (Å²) in [6.45, 7) is 1.99. The second-order valence-corrected chi connectivity index (χ2v) is 6.84. The molecule has 0 aliphatic heterocycles. The Hall–Kier alpha value is -4.53. The maximum absolute atomic E-state index is 12.1. The number of aromatic nitrogens is 3. The lowest BCUT2D eigenvalue weighted by Gasteiger charge is -2.04. The molecule has 2 heterocycles. The summed E-state index contributed by atoms with van der Waals surface area (Å²) in [4.78, 5) is 31.0. The summed E-state index contributed by atoms with van der Waals surface area (Å²) >= 11 is 0. The molecule has 0 saturated carbocycles. The topological polar surface area (TPSA) is 123 Å². The Morgan fingerprint density at radius 2 is 1.94 bits per heavy atom. The number of non-ortho nitro benzene ring substituents is 1. The number of hydrogen-bond acceptors (Lipinski definition) is 6. The van der Waals surface area contributed by atoms with E-state index in [-0.39, 0.29) is 22.9 Å². The Morgan fingerprint density at radius 3 is 2.61 bits per heavy atom. The van der Waals surface area contributed by atoms with E-state index in [0.29, 0.717) is 16.9 Å². The van der Waals surface area contributed by atoms with E-state index in [0.717, 1.165) is 15.9 Å². The lowest BCUT2D eigenvalue weighted by atomic mass is 10.1. The van der Waals surface area contributed by atoms with E-state index in [1.165, 1.54) is 30.5 Å². The number of nitrogens with zero attached hydrogens (tertiary/aromatic N) is 4. The van der Waals surface area contributed by atoms with Crippen LogP contribution in [0.4, 0.5) is 11.4 Å². The van der Waals surface area contributed by atoms with Gasteiger partial charge in [0.25, 0.3) is 5.69 Å². The Balaban J connectivity index is 1.50. The summed E-state index contributed by atoms with van der Waals surface area (Å²) in [5, 5.41) is 24.0. The lowest BCUT2D eigenvalue weighted by molar-refractivity contribution is -0.384. The van der Waals surface area contributed by atoms with E-state index in [9.17, 15) is 20.1 Å². The summed E-state index contributed by atoms with van der Waals surface area (Å²) in [6, 6.07) is 15.0. The number of amides is 1. The van der Waals surface area contributed by atoms with Crippen molar-refractivity contribution in [1.29, 1.82) is 0 Å². The van der Waals surface area contributed by atoms with Crippen LogP contribution < -0.4 is 5.32 Å². The van der Waals surface area contributed by atoms with E-state index in [1.54, 1.807) is 18.2 Å². The first kappa shape index (κ1) is 19.8. The fourth-order valence-electron chi connectivity index (χ4n) is 2.96. The minimum absolute atomic E-state index is 0.132. The zero-order valence-corrected chi connectivity index (χ0v) is 16.4. The van der Waals surface area contributed by atoms with E-state index in [4.69, 9.17) is 0 Å². The maximum Gasteiger partial charge on any atom is 0.271 e. The molecule has 31 heavy (non-hydrogen) atoms. The Morgan fingerprint density at radius 1 is 1.16 bits per heavy atom. The van der Waals surface area contributed by atoms with Gasteiger partial charge in [-0.25, -0.2) is 4.98 Å². The summed E-state index contributed by atoms with van der Waals surface area (Å²) in [5.41, 5.74) is 3.30. The quantitative estimate of drug-likeness (QED) is 0.218. The summed E-state index contributed by atoms with van der Waals surface area (Å²) in [5.74, 6) is -0.176. The molecule has 2 aromatic heterocycles. The first-order valence-electron chi connectivity index (χ1n) is 9.29. The molecule has 0 atom stereocenters. The number of rotatable bonds is 5. The minimum Gasteiger partial charge on any atom is -0.426 e. The fraction of sp³-hybridized carbons (Fsp3) is 0.0455. The molecule has 1 amide bonds. The normalized spacial score (nSPS) is 11.1. The van der Waals surface area contributed by atoms with Gasteiger partial charge in [0.15, 0.2) is 5.82 Å². The number of imidazole rings is 1. The number of anilines is 1. The Labute approximate surface area is 176 Å². The third kappa shape index (κ3) is 4.25. The van der Waals surface area contributed by atoms with E-state index in [1.807, 2.05) is 31.2 Å². The van der Waals surface area contributed by atoms with Crippen molar-refractivity contribution in [2.24, 2.45) is 0 Å². The monoisotopic (exact) mass is 415 g/mol. The van der Waals surface area contributed by atoms with Crippen LogP contribution in [-0.2, 0) is 4.79 Å². The van der Waals surface area contributed by atoms with Gasteiger partial charge in [-0.3, -0.25) is 19.9 Å². The standard InChI is InChI=1S/C22H17N5O4/c1-14-2-4-15(5-3-14)6-11-21(28)24-16-7-9-19(23-13-16)22-25-18-10-8-17(27(30)31)12-20(18)26(22)29/h2-13,29H,1H3,(H,24,28)/b11-6+. The van der Waals surface area contributed by atoms with E-state index in [2.05, 4.69) is 15.3 Å². The van der Waals surface area contributed by atoms with Crippen LogP contribution in [0, 0.1) is 17.0 Å². The highest BCUT2D eigenvalue weighted by Gasteiger charge is 2.16. The van der Waals surface area contributed by atoms with Crippen LogP contribution in [0.3, 0.4) is 0 Å². The number of nitro groups is 1. The second-order valence-electron chi connectivity index (χ2n) is 6.84. The van der Waals surface area contributed by atoms with Crippen molar-refractivity contribution in [2.45, 2.75) is 6.92 Å². The molecule has 2 N–H and O–H groups in total. The summed E-state index contributed by atoms with van der Waals surface area (Å²) < 4.78 is 0.757. The molecule has 0 fully saturated rings. The molecule has 0 bridgehead atoms. The van der Waals surface area contributed by atoms with Gasteiger partial charge in [0.1, 0.15) is 11.2 Å². The SMILES string of the molecule is Cc1ccc(/C=C/C(=O)Nc2ccc(-c3nc4ccc([N+](=O)[O-])cc4n3O)nc2)cc1. The second kappa shape index (κ2) is 8.07. The molecule has 0 radical (unpaired) electrons. The number of nitrogens with one attached hydrogen (secondary N) is 1. The first-order valence-corrected chi connectivity index (χ1v) is 9.29. The van der Waals surface area contributed by atoms with Gasteiger partial charge >= 0.3 is 0 Å². The largest absolute Gasteiger partial charge is 0.426 e. The molecule has 0 aliphatic rings. The molecular formula is C22H17N5O4. The molecule has 4 rings (SSSR count). The Bertz CT molecular complexity index is 1310. The van der Waals surface area contributed by atoms with Crippen LogP contribution in [0.1, 0.15) is 11.1 Å². The smallest absolute Gasteiger partial charge is 0.271 e. The number of carbonyl (C=O) groups is 1. The predicted molar refractivity (Wildman–Crippen MR) is 116 cm³/mol. The van der Waals surface area contributed by atoms with Gasteiger partial charge in [0.05, 0.1) is 22.3 Å². The van der Waals surface area contributed by atoms with Crippen LogP contribution in [0.5, 0.6) is 0 Å². The number of nitro benzene ring substituents is 1. The van der Waals surface area contributed by atoms with Crippen LogP contribution in [0.2, 0.25) is 0 Å². The molecule has 9 heteroatoms. The molecule has 0 unspecified atom stereocenters. The fourth-order valence-corrected chi connectivity index (χ4v) is 2.96. The predicted octanol–water partition coefficient (Wildman–Crippen LogP) is 4.20. The van der Waals surface area contributed by atoms with Gasteiger partial charge in [-0.05, 0) is 36.8 Å². The number of carbonyl (C=O) groups excluding carboxylic acids is 1. The van der Waals surface area contributed by atoms with Gasteiger partial charge in [0, 0.05) is 18.2 Å². The third-order valence-electron chi connectivity index (χ3n) is 4.59. The van der Waals surface area contributed by atoms with E-state index >= 15 is 0 Å². The molecule has 4 aromatic rings. The molecule has 0 aliphatic carbocycles. The van der Waals surface area contributed by atoms with Crippen molar-refractivity contribution in [3.8, 4) is 11.5 Å². The zero-order chi connectivity index (χ0) is 22.0. The highest BCUT2D eigenvalue weighted by Crippen LogP contribution is 2.25. The molecular weight excluding hydrogens is 398 g/mol. The van der Waals surface area contributed by atoms with Gasteiger partial charge in [-0.15, -0.1) is 0 Å². The van der Waals surface area contributed by atoms with Crippen molar-refractivity contribution in [3.05, 3.63) is 88.1 Å². The van der Waals surface area contributed by atoms with Crippen LogP contribution in [0.15, 0.2) is 66.9 Å². The van der Waals surface area contributed by atoms with Crippen molar-refractivity contribution >= 4 is 34.4 Å². The molecule has 9 nitrogen and oxygen atoms in total. The van der Waals surface area contributed by atoms with Crippen molar-refractivity contribution in [1.82, 2.24) is 14.7 Å². The molecule has 0 spiro atoms. The van der Waals surface area contributed by atoms with E-state index < -0.39 is 4.92 Å². The highest BCUT2D eigenvalue weighted by atomic mass is 16.6.